The maximum absolute atomic E-state index is 14.6. The van der Waals surface area contributed by atoms with E-state index in [1.165, 1.54) is 44.7 Å². The normalized spacial score (nSPS) is 31.9. The number of halogens is 4. The molecule has 486 valence electrons. The van der Waals surface area contributed by atoms with Gasteiger partial charge in [0.25, 0.3) is 17.6 Å². The third kappa shape index (κ3) is 17.2. The smallest absolute Gasteiger partial charge is 0.417 e. The molecule has 0 radical (unpaired) electrons. The van der Waals surface area contributed by atoms with Crippen LogP contribution in [0.2, 0.25) is 5.02 Å². The Labute approximate surface area is 525 Å². The first-order valence-electron chi connectivity index (χ1n) is 30.3. The molecule has 3 saturated heterocycles. The van der Waals surface area contributed by atoms with Crippen LogP contribution < -0.4 is 20.7 Å². The van der Waals surface area contributed by atoms with Gasteiger partial charge in [0.05, 0.1) is 41.1 Å². The minimum absolute atomic E-state index is 0.00292. The van der Waals surface area contributed by atoms with E-state index in [0.717, 1.165) is 22.6 Å². The molecule has 25 heteroatoms. The number of anilines is 2. The van der Waals surface area contributed by atoms with E-state index in [1.54, 1.807) is 43.8 Å². The average Bonchev–Trinajstić information content (AvgIpc) is 0.858. The van der Waals surface area contributed by atoms with Crippen LogP contribution in [0, 0.1) is 35.5 Å². The SMILES string of the molecule is CO[C@H]1C[C@@H](C)[C@@]2(O)O[C@@H]1[C@@H](O)C[C@@H](C)C/C(C)=C/[C@@H](CCCSCCNC(=O)c1cc(Oc3ccc(NC(=O)Nc4ccc(Cl)c(C(F)(F)F)c4)cc3)ccn1)C(=O)C[C@H](O)[C@@H](C)[C@@H]1OC(=O)[C@@H]3C(CCCN3C(=O)C2=O)/C1=C\[C@@H]1CC[C@@H](O)[C@H](OC)C1. The number of amides is 4. The Morgan fingerprint density at radius 3 is 2.31 bits per heavy atom. The number of fused-ring (bicyclic) bond motifs is 4. The molecule has 15 atom stereocenters. The highest BCUT2D eigenvalue weighted by Gasteiger charge is 2.58. The van der Waals surface area contributed by atoms with E-state index >= 15 is 0 Å². The molecule has 1 unspecified atom stereocenters. The minimum Gasteiger partial charge on any atom is -0.457 e. The average molecular weight is 1280 g/mol. The molecule has 2 aromatic carbocycles. The number of esters is 1. The van der Waals surface area contributed by atoms with Crippen LogP contribution in [0.25, 0.3) is 0 Å². The molecule has 5 aliphatic rings. The number of rotatable bonds is 15. The number of aromatic nitrogens is 1. The van der Waals surface area contributed by atoms with Gasteiger partial charge in [0.1, 0.15) is 41.2 Å². The van der Waals surface area contributed by atoms with Gasteiger partial charge in [0, 0.05) is 86.8 Å². The zero-order valence-corrected chi connectivity index (χ0v) is 52.3. The van der Waals surface area contributed by atoms with Crippen LogP contribution >= 0.6 is 23.4 Å². The van der Waals surface area contributed by atoms with Crippen LogP contribution in [0.5, 0.6) is 11.5 Å². The summed E-state index contributed by atoms with van der Waals surface area (Å²) in [5.41, 5.74) is 0.684. The maximum Gasteiger partial charge on any atom is 0.417 e. The lowest BCUT2D eigenvalue weighted by Gasteiger charge is -2.49. The number of hydrogen-bond donors (Lipinski definition) is 7. The number of aliphatic hydroxyl groups excluding tert-OH is 3. The zero-order chi connectivity index (χ0) is 64.5. The Hall–Kier alpha value is -5.96. The van der Waals surface area contributed by atoms with Crippen molar-refractivity contribution < 1.29 is 86.0 Å². The third-order valence-corrected chi connectivity index (χ3v) is 19.1. The molecular formula is C64H81ClF3N5O15S. The highest BCUT2D eigenvalue weighted by Crippen LogP contribution is 2.45. The van der Waals surface area contributed by atoms with Gasteiger partial charge in [-0.25, -0.2) is 9.59 Å². The van der Waals surface area contributed by atoms with Crippen LogP contribution in [0.4, 0.5) is 29.3 Å². The van der Waals surface area contributed by atoms with Gasteiger partial charge >= 0.3 is 18.2 Å². The summed E-state index contributed by atoms with van der Waals surface area (Å²) in [6.45, 7) is 7.38. The molecule has 1 saturated carbocycles. The molecule has 4 fully saturated rings. The summed E-state index contributed by atoms with van der Waals surface area (Å²) >= 11 is 7.25. The van der Waals surface area contributed by atoms with Crippen molar-refractivity contribution >= 4 is 70.1 Å². The van der Waals surface area contributed by atoms with Crippen molar-refractivity contribution in [3.8, 4) is 11.5 Å². The van der Waals surface area contributed by atoms with E-state index in [2.05, 4.69) is 20.9 Å². The van der Waals surface area contributed by atoms with Crippen molar-refractivity contribution in [2.75, 3.05) is 49.4 Å². The standard InChI is InChI=1S/C64H81ClF3N5O15S/c1-34-25-35(2)27-52(77)57-54(85-6)28-36(3)63(83,88-57)58(78)60(80)73-22-7-10-44-45(29-38-11-18-49(74)53(30-38)84-5)56(87-61(81)55(44)73)37(4)50(75)33-51(76)39(26-34)9-8-23-89-24-21-70-59(79)48-32-43(19-20-69-48)86-42-15-12-40(13-16-42)71-62(82)72-41-14-17-47(65)46(31-41)64(66,67)68/h12-17,19-20,26,29,31-32,35-39,44,49-50,52-57,74-75,77,83H,7-11,18,21-25,27-28,30,33H2,1-6H3,(H,70,79)(H2,71,72,82)/b34-26+,45-29+/t35-,36+,37+,38-,39+,44?,49+,50-,52-,53+,54-,55-,56-,57+,63+/m0/s1. The predicted octanol–water partition coefficient (Wildman–Crippen LogP) is 9.08. The predicted molar refractivity (Wildman–Crippen MR) is 325 cm³/mol. The molecular weight excluding hydrogens is 1200 g/mol. The van der Waals surface area contributed by atoms with E-state index in [-0.39, 0.29) is 61.4 Å². The Morgan fingerprint density at radius 2 is 1.60 bits per heavy atom. The number of pyridine rings is 1. The molecule has 20 nitrogen and oxygen atoms in total. The van der Waals surface area contributed by atoms with Gasteiger partial charge in [-0.05, 0) is 143 Å². The lowest BCUT2D eigenvalue weighted by atomic mass is 9.72. The summed E-state index contributed by atoms with van der Waals surface area (Å²) in [6.07, 6.45) is -2.45. The summed E-state index contributed by atoms with van der Waals surface area (Å²) < 4.78 is 69.6. The third-order valence-electron chi connectivity index (χ3n) is 17.7. The number of Topliss-reactive ketones (excluding diaryl/α,β-unsaturated/α-hetero) is 2. The van der Waals surface area contributed by atoms with Gasteiger partial charge in [0.15, 0.2) is 0 Å². The molecule has 4 amide bonds. The van der Waals surface area contributed by atoms with E-state index in [1.807, 2.05) is 26.0 Å². The Bertz CT molecular complexity index is 3080. The maximum atomic E-state index is 14.6. The van der Waals surface area contributed by atoms with Crippen LogP contribution in [-0.4, -0.2) is 159 Å². The van der Waals surface area contributed by atoms with E-state index in [9.17, 15) is 62.4 Å². The van der Waals surface area contributed by atoms with Gasteiger partial charge in [-0.3, -0.25) is 24.2 Å². The molecule has 0 spiro atoms. The van der Waals surface area contributed by atoms with Gasteiger partial charge in [-0.2, -0.15) is 24.9 Å². The van der Waals surface area contributed by atoms with Gasteiger partial charge in [-0.1, -0.05) is 50.1 Å². The summed E-state index contributed by atoms with van der Waals surface area (Å²) in [5, 5.41) is 54.0. The van der Waals surface area contributed by atoms with Crippen LogP contribution in [0.3, 0.4) is 0 Å². The second kappa shape index (κ2) is 30.4. The highest BCUT2D eigenvalue weighted by molar-refractivity contribution is 7.99. The van der Waals surface area contributed by atoms with Crippen molar-refractivity contribution in [1.29, 1.82) is 0 Å². The molecule has 4 bridgehead atoms. The molecule has 1 aromatic heterocycles. The molecule has 89 heavy (non-hydrogen) atoms. The quantitative estimate of drug-likeness (QED) is 0.0323. The fourth-order valence-electron chi connectivity index (χ4n) is 12.9. The molecule has 8 rings (SSSR count). The Kier molecular flexibility index (Phi) is 23.6. The number of hydrogen-bond acceptors (Lipinski definition) is 17. The fourth-order valence-corrected chi connectivity index (χ4v) is 14.0. The molecule has 5 heterocycles. The van der Waals surface area contributed by atoms with Gasteiger partial charge < -0.3 is 65.0 Å². The van der Waals surface area contributed by atoms with Crippen LogP contribution in [0.1, 0.15) is 114 Å². The summed E-state index contributed by atoms with van der Waals surface area (Å²) in [5.74, 6) is -8.19. The number of ketones is 2. The molecule has 1 aliphatic carbocycles. The lowest BCUT2D eigenvalue weighted by molar-refractivity contribution is -0.301. The molecule has 3 aromatic rings. The van der Waals surface area contributed by atoms with Crippen LogP contribution in [-0.2, 0) is 44.3 Å². The summed E-state index contributed by atoms with van der Waals surface area (Å²) in [6, 6.07) is 10.1. The lowest BCUT2D eigenvalue weighted by Crippen LogP contribution is -2.66. The topological polar surface area (TPSA) is 282 Å². The number of piperidine rings is 1. The van der Waals surface area contributed by atoms with E-state index in [4.69, 9.17) is 35.3 Å². The number of carbonyl (C=O) groups excluding carboxylic acids is 6. The first kappa shape index (κ1) is 68.9. The van der Waals surface area contributed by atoms with Crippen molar-refractivity contribution in [1.82, 2.24) is 15.2 Å². The largest absolute Gasteiger partial charge is 0.457 e. The van der Waals surface area contributed by atoms with Gasteiger partial charge in [0.2, 0.25) is 5.79 Å². The Morgan fingerprint density at radius 1 is 0.876 bits per heavy atom. The number of nitrogens with zero attached hydrogens (tertiary/aromatic N) is 2. The number of alkyl halides is 3. The van der Waals surface area contributed by atoms with Crippen molar-refractivity contribution in [2.24, 2.45) is 35.5 Å². The van der Waals surface area contributed by atoms with Crippen molar-refractivity contribution in [3.63, 3.8) is 0 Å². The second-order valence-corrected chi connectivity index (χ2v) is 25.9. The van der Waals surface area contributed by atoms with Gasteiger partial charge in [-0.15, -0.1) is 0 Å². The van der Waals surface area contributed by atoms with Crippen LogP contribution in [0.15, 0.2) is 84.1 Å². The summed E-state index contributed by atoms with van der Waals surface area (Å²) in [4.78, 5) is 89.2. The number of carbonyl (C=O) groups is 6. The fraction of sp³-hybridized carbons (Fsp3) is 0.578. The summed E-state index contributed by atoms with van der Waals surface area (Å²) in [7, 11) is 2.97. The number of nitrogens with one attached hydrogen (secondary N) is 3. The first-order valence-corrected chi connectivity index (χ1v) is 31.8. The highest BCUT2D eigenvalue weighted by atomic mass is 35.5. The minimum atomic E-state index is -4.71. The van der Waals surface area contributed by atoms with Crippen molar-refractivity contribution in [2.45, 2.75) is 159 Å². The number of aliphatic hydroxyl groups is 4. The van der Waals surface area contributed by atoms with E-state index < -0.39 is 125 Å². The van der Waals surface area contributed by atoms with E-state index in [0.29, 0.717) is 85.6 Å². The number of ether oxygens (including phenoxy) is 5. The number of thioether (sulfide) groups is 1. The number of allylic oxidation sites excluding steroid dienone is 3. The number of methoxy groups -OCH3 is 2. The second-order valence-electron chi connectivity index (χ2n) is 24.3. The monoisotopic (exact) mass is 1280 g/mol. The number of urea groups is 1. The van der Waals surface area contributed by atoms with Crippen molar-refractivity contribution in [3.05, 3.63) is 100 Å². The molecule has 4 aliphatic heterocycles. The first-order chi connectivity index (χ1) is 42.3. The zero-order valence-electron chi connectivity index (χ0n) is 50.7. The molecule has 7 N–H and O–H groups in total. The Balaban J connectivity index is 0.912. The number of benzene rings is 2.